The summed E-state index contributed by atoms with van der Waals surface area (Å²) >= 11 is 0. The number of nitrogens with two attached hydrogens (primary N) is 1. The van der Waals surface area contributed by atoms with E-state index in [9.17, 15) is 9.90 Å². The number of anilines is 2. The van der Waals surface area contributed by atoms with Gasteiger partial charge in [0.1, 0.15) is 5.75 Å². The maximum atomic E-state index is 11.7. The molecule has 2 rings (SSSR count). The number of aromatic nitrogens is 2. The van der Waals surface area contributed by atoms with E-state index in [4.69, 9.17) is 5.73 Å². The van der Waals surface area contributed by atoms with Crippen LogP contribution in [0.4, 0.5) is 11.5 Å². The molecule has 0 aliphatic rings. The Hall–Kier alpha value is -2.63. The summed E-state index contributed by atoms with van der Waals surface area (Å²) in [5.41, 5.74) is 5.95. The van der Waals surface area contributed by atoms with Crippen LogP contribution >= 0.6 is 0 Å². The van der Waals surface area contributed by atoms with Crippen molar-refractivity contribution >= 4 is 17.4 Å². The predicted octanol–water partition coefficient (Wildman–Crippen LogP) is 1.02. The van der Waals surface area contributed by atoms with Crippen LogP contribution in [0.2, 0.25) is 0 Å². The van der Waals surface area contributed by atoms with Gasteiger partial charge in [-0.3, -0.25) is 4.79 Å². The summed E-state index contributed by atoms with van der Waals surface area (Å²) in [5.74, 6) is -0.175. The molecule has 0 aliphatic heterocycles. The second-order valence-electron chi connectivity index (χ2n) is 3.34. The van der Waals surface area contributed by atoms with E-state index in [1.165, 1.54) is 24.4 Å². The van der Waals surface area contributed by atoms with Crippen LogP contribution in [0.3, 0.4) is 0 Å². The summed E-state index contributed by atoms with van der Waals surface area (Å²) in [7, 11) is 0. The summed E-state index contributed by atoms with van der Waals surface area (Å²) in [6.07, 6.45) is 1.50. The minimum atomic E-state index is -0.388. The Kier molecular flexibility index (Phi) is 2.87. The normalized spacial score (nSPS) is 9.88. The van der Waals surface area contributed by atoms with Gasteiger partial charge >= 0.3 is 0 Å². The molecule has 1 amide bonds. The lowest BCUT2D eigenvalue weighted by atomic mass is 10.2. The number of nitrogen functional groups attached to an aromatic ring is 1. The SMILES string of the molecule is Nc1ccc(C(=O)Nc2cccnn2)cc1O. The zero-order valence-electron chi connectivity index (χ0n) is 8.79. The topological polar surface area (TPSA) is 101 Å². The third-order valence-electron chi connectivity index (χ3n) is 2.11. The fourth-order valence-electron chi connectivity index (χ4n) is 1.24. The van der Waals surface area contributed by atoms with Crippen molar-refractivity contribution in [3.63, 3.8) is 0 Å². The van der Waals surface area contributed by atoms with Gasteiger partial charge in [0.2, 0.25) is 0 Å². The number of nitrogens with zero attached hydrogens (tertiary/aromatic N) is 2. The van der Waals surface area contributed by atoms with Gasteiger partial charge in [-0.2, -0.15) is 5.10 Å². The van der Waals surface area contributed by atoms with Gasteiger partial charge in [0.25, 0.3) is 5.91 Å². The van der Waals surface area contributed by atoms with Crippen LogP contribution in [0.1, 0.15) is 10.4 Å². The van der Waals surface area contributed by atoms with Crippen molar-refractivity contribution in [2.75, 3.05) is 11.1 Å². The van der Waals surface area contributed by atoms with Crippen molar-refractivity contribution in [1.29, 1.82) is 0 Å². The lowest BCUT2D eigenvalue weighted by molar-refractivity contribution is 0.102. The molecule has 0 atom stereocenters. The van der Waals surface area contributed by atoms with E-state index in [1.807, 2.05) is 0 Å². The number of carbonyl (C=O) groups is 1. The maximum Gasteiger partial charge on any atom is 0.257 e. The van der Waals surface area contributed by atoms with Crippen LogP contribution in [0.25, 0.3) is 0 Å². The molecular formula is C11H10N4O2. The molecule has 2 aromatic rings. The highest BCUT2D eigenvalue weighted by Crippen LogP contribution is 2.20. The summed E-state index contributed by atoms with van der Waals surface area (Å²) in [5, 5.41) is 19.3. The number of rotatable bonds is 2. The number of hydrogen-bond acceptors (Lipinski definition) is 5. The smallest absolute Gasteiger partial charge is 0.257 e. The minimum Gasteiger partial charge on any atom is -0.506 e. The summed E-state index contributed by atoms with van der Waals surface area (Å²) in [4.78, 5) is 11.7. The van der Waals surface area contributed by atoms with E-state index in [2.05, 4.69) is 15.5 Å². The van der Waals surface area contributed by atoms with Crippen LogP contribution in [0.5, 0.6) is 5.75 Å². The Morgan fingerprint density at radius 1 is 1.35 bits per heavy atom. The molecule has 0 unspecified atom stereocenters. The number of amides is 1. The lowest BCUT2D eigenvalue weighted by Gasteiger charge is -2.04. The van der Waals surface area contributed by atoms with E-state index in [0.717, 1.165) is 0 Å². The molecular weight excluding hydrogens is 220 g/mol. The zero-order chi connectivity index (χ0) is 12.3. The van der Waals surface area contributed by atoms with Gasteiger partial charge in [-0.1, -0.05) is 0 Å². The monoisotopic (exact) mass is 230 g/mol. The highest BCUT2D eigenvalue weighted by atomic mass is 16.3. The van der Waals surface area contributed by atoms with E-state index in [0.29, 0.717) is 11.4 Å². The molecule has 0 bridgehead atoms. The maximum absolute atomic E-state index is 11.7. The summed E-state index contributed by atoms with van der Waals surface area (Å²) in [6, 6.07) is 7.54. The van der Waals surface area contributed by atoms with Gasteiger partial charge in [-0.25, -0.2) is 0 Å². The Balaban J connectivity index is 2.18. The van der Waals surface area contributed by atoms with E-state index >= 15 is 0 Å². The number of nitrogens with one attached hydrogen (secondary N) is 1. The quantitative estimate of drug-likeness (QED) is 0.528. The van der Waals surface area contributed by atoms with Crippen LogP contribution in [-0.2, 0) is 0 Å². The van der Waals surface area contributed by atoms with Crippen molar-refractivity contribution in [3.8, 4) is 5.75 Å². The molecule has 17 heavy (non-hydrogen) atoms. The average Bonchev–Trinajstić information content (AvgIpc) is 2.34. The number of benzene rings is 1. The standard InChI is InChI=1S/C11H10N4O2/c12-8-4-3-7(6-9(8)16)11(17)14-10-2-1-5-13-15-10/h1-6,16H,12H2,(H,14,15,17). The van der Waals surface area contributed by atoms with Gasteiger partial charge in [0, 0.05) is 11.8 Å². The Morgan fingerprint density at radius 2 is 2.18 bits per heavy atom. The van der Waals surface area contributed by atoms with Gasteiger partial charge < -0.3 is 16.2 Å². The molecule has 6 heteroatoms. The zero-order valence-corrected chi connectivity index (χ0v) is 8.79. The summed E-state index contributed by atoms with van der Waals surface area (Å²) < 4.78 is 0. The lowest BCUT2D eigenvalue weighted by Crippen LogP contribution is -2.13. The number of phenols is 1. The molecule has 1 aromatic heterocycles. The van der Waals surface area contributed by atoms with Crippen molar-refractivity contribution in [3.05, 3.63) is 42.1 Å². The Bertz CT molecular complexity index is 542. The summed E-state index contributed by atoms with van der Waals surface area (Å²) in [6.45, 7) is 0. The number of carbonyl (C=O) groups excluding carboxylic acids is 1. The average molecular weight is 230 g/mol. The second-order valence-corrected chi connectivity index (χ2v) is 3.34. The molecule has 86 valence electrons. The fourth-order valence-corrected chi connectivity index (χ4v) is 1.24. The first kappa shape index (κ1) is 10.9. The molecule has 0 radical (unpaired) electrons. The fraction of sp³-hybridized carbons (Fsp3) is 0. The van der Waals surface area contributed by atoms with Gasteiger partial charge in [-0.05, 0) is 30.3 Å². The van der Waals surface area contributed by atoms with Crippen molar-refractivity contribution < 1.29 is 9.90 Å². The molecule has 0 aliphatic carbocycles. The second kappa shape index (κ2) is 4.48. The van der Waals surface area contributed by atoms with E-state index in [1.54, 1.807) is 12.1 Å². The third kappa shape index (κ3) is 2.49. The highest BCUT2D eigenvalue weighted by molar-refractivity contribution is 6.04. The molecule has 1 heterocycles. The van der Waals surface area contributed by atoms with Crippen molar-refractivity contribution in [2.24, 2.45) is 0 Å². The molecule has 0 saturated heterocycles. The molecule has 0 saturated carbocycles. The molecule has 6 nitrogen and oxygen atoms in total. The van der Waals surface area contributed by atoms with Gasteiger partial charge in [-0.15, -0.1) is 5.10 Å². The molecule has 0 spiro atoms. The van der Waals surface area contributed by atoms with Crippen LogP contribution in [0.15, 0.2) is 36.5 Å². The largest absolute Gasteiger partial charge is 0.506 e. The van der Waals surface area contributed by atoms with Gasteiger partial charge in [0.05, 0.1) is 5.69 Å². The third-order valence-corrected chi connectivity index (χ3v) is 2.11. The van der Waals surface area contributed by atoms with Crippen LogP contribution in [-0.4, -0.2) is 21.2 Å². The molecule has 4 N–H and O–H groups in total. The first-order valence-electron chi connectivity index (χ1n) is 4.84. The van der Waals surface area contributed by atoms with E-state index < -0.39 is 0 Å². The Morgan fingerprint density at radius 3 is 2.82 bits per heavy atom. The van der Waals surface area contributed by atoms with Gasteiger partial charge in [0.15, 0.2) is 5.82 Å². The molecule has 1 aromatic carbocycles. The number of aromatic hydroxyl groups is 1. The number of phenolic OH excluding ortho intramolecular Hbond substituents is 1. The van der Waals surface area contributed by atoms with Crippen LogP contribution < -0.4 is 11.1 Å². The minimum absolute atomic E-state index is 0.128. The first-order valence-corrected chi connectivity index (χ1v) is 4.84. The van der Waals surface area contributed by atoms with Crippen molar-refractivity contribution in [2.45, 2.75) is 0 Å². The van der Waals surface area contributed by atoms with Crippen molar-refractivity contribution in [1.82, 2.24) is 10.2 Å². The van der Waals surface area contributed by atoms with E-state index in [-0.39, 0.29) is 17.3 Å². The predicted molar refractivity (Wildman–Crippen MR) is 62.5 cm³/mol. The number of hydrogen-bond donors (Lipinski definition) is 3. The highest BCUT2D eigenvalue weighted by Gasteiger charge is 2.08. The first-order chi connectivity index (χ1) is 8.16. The molecule has 0 fully saturated rings. The Labute approximate surface area is 97.1 Å². The van der Waals surface area contributed by atoms with Crippen LogP contribution in [0, 0.1) is 0 Å².